The van der Waals surface area contributed by atoms with Gasteiger partial charge in [-0.3, -0.25) is 4.68 Å². The molecule has 0 aliphatic carbocycles. The summed E-state index contributed by atoms with van der Waals surface area (Å²) in [6.07, 6.45) is 2.39. The number of nitrogens with two attached hydrogens (primary N) is 1. The number of anilines is 2. The van der Waals surface area contributed by atoms with Gasteiger partial charge in [0.05, 0.1) is 23.0 Å². The summed E-state index contributed by atoms with van der Waals surface area (Å²) in [5.74, 6) is 0.789. The largest absolute Gasteiger partial charge is 0.397 e. The Morgan fingerprint density at radius 1 is 1.50 bits per heavy atom. The molecule has 0 atom stereocenters. The molecule has 2 aromatic rings. The molecule has 1 aromatic carbocycles. The van der Waals surface area contributed by atoms with Crippen LogP contribution in [0.3, 0.4) is 0 Å². The molecule has 0 aliphatic rings. The van der Waals surface area contributed by atoms with Gasteiger partial charge < -0.3 is 11.1 Å². The van der Waals surface area contributed by atoms with E-state index in [-0.39, 0.29) is 0 Å². The van der Waals surface area contributed by atoms with Crippen LogP contribution in [0.5, 0.6) is 0 Å². The van der Waals surface area contributed by atoms with Crippen molar-refractivity contribution in [2.24, 2.45) is 7.05 Å². The van der Waals surface area contributed by atoms with Gasteiger partial charge in [0.1, 0.15) is 6.33 Å². The third kappa shape index (κ3) is 2.77. The average molecular weight is 242 g/mol. The van der Waals surface area contributed by atoms with Crippen molar-refractivity contribution < 1.29 is 0 Å². The lowest BCUT2D eigenvalue weighted by atomic mass is 10.2. The molecule has 6 heteroatoms. The van der Waals surface area contributed by atoms with E-state index in [1.807, 2.05) is 13.1 Å². The zero-order chi connectivity index (χ0) is 13.0. The Labute approximate surface area is 105 Å². The van der Waals surface area contributed by atoms with Crippen LogP contribution in [0.15, 0.2) is 24.5 Å². The van der Waals surface area contributed by atoms with Crippen LogP contribution in [0.4, 0.5) is 11.4 Å². The highest BCUT2D eigenvalue weighted by molar-refractivity contribution is 5.68. The number of nitrogens with zero attached hydrogens (tertiary/aromatic N) is 4. The first-order chi connectivity index (χ1) is 8.69. The highest BCUT2D eigenvalue weighted by atomic mass is 15.3. The highest BCUT2D eigenvalue weighted by Gasteiger charge is 2.02. The molecule has 0 fully saturated rings. The molecule has 0 saturated heterocycles. The van der Waals surface area contributed by atoms with Crippen LogP contribution in [0.1, 0.15) is 11.4 Å². The molecular formula is C12H14N6. The zero-order valence-electron chi connectivity index (χ0n) is 10.1. The van der Waals surface area contributed by atoms with Gasteiger partial charge in [0.15, 0.2) is 5.82 Å². The predicted molar refractivity (Wildman–Crippen MR) is 68.8 cm³/mol. The predicted octanol–water partition coefficient (Wildman–Crippen LogP) is 0.924. The molecular weight excluding hydrogens is 228 g/mol. The smallest absolute Gasteiger partial charge is 0.152 e. The first kappa shape index (κ1) is 11.9. The van der Waals surface area contributed by atoms with Crippen molar-refractivity contribution in [1.29, 1.82) is 5.26 Å². The molecule has 0 saturated carbocycles. The Bertz CT molecular complexity index is 580. The van der Waals surface area contributed by atoms with E-state index in [1.165, 1.54) is 0 Å². The lowest BCUT2D eigenvalue weighted by Crippen LogP contribution is -2.08. The summed E-state index contributed by atoms with van der Waals surface area (Å²) in [7, 11) is 1.84. The van der Waals surface area contributed by atoms with Crippen LogP contribution in [-0.2, 0) is 13.5 Å². The highest BCUT2D eigenvalue weighted by Crippen LogP contribution is 2.19. The summed E-state index contributed by atoms with van der Waals surface area (Å²) in [6.45, 7) is 0.695. The van der Waals surface area contributed by atoms with Crippen molar-refractivity contribution >= 4 is 11.4 Å². The molecule has 3 N–H and O–H groups in total. The number of benzene rings is 1. The summed E-state index contributed by atoms with van der Waals surface area (Å²) < 4.78 is 1.67. The average Bonchev–Trinajstić information content (AvgIpc) is 2.77. The summed E-state index contributed by atoms with van der Waals surface area (Å²) in [5.41, 5.74) is 7.79. The minimum absolute atomic E-state index is 0.560. The van der Waals surface area contributed by atoms with Crippen molar-refractivity contribution in [1.82, 2.24) is 14.8 Å². The van der Waals surface area contributed by atoms with Gasteiger partial charge >= 0.3 is 0 Å². The van der Waals surface area contributed by atoms with Gasteiger partial charge in [-0.05, 0) is 18.2 Å². The summed E-state index contributed by atoms with van der Waals surface area (Å²) in [6, 6.07) is 7.24. The molecule has 0 amide bonds. The fourth-order valence-corrected chi connectivity index (χ4v) is 1.60. The first-order valence-electron chi connectivity index (χ1n) is 5.57. The Hall–Kier alpha value is -2.55. The van der Waals surface area contributed by atoms with Crippen LogP contribution >= 0.6 is 0 Å². The maximum Gasteiger partial charge on any atom is 0.152 e. The van der Waals surface area contributed by atoms with Gasteiger partial charge in [0.25, 0.3) is 0 Å². The van der Waals surface area contributed by atoms with Crippen LogP contribution in [0.25, 0.3) is 0 Å². The molecule has 0 unspecified atom stereocenters. The van der Waals surface area contributed by atoms with E-state index in [0.717, 1.165) is 17.9 Å². The lowest BCUT2D eigenvalue weighted by Gasteiger charge is -2.08. The molecule has 1 heterocycles. The number of nitriles is 1. The van der Waals surface area contributed by atoms with E-state index in [2.05, 4.69) is 15.4 Å². The monoisotopic (exact) mass is 242 g/mol. The van der Waals surface area contributed by atoms with Crippen molar-refractivity contribution in [3.63, 3.8) is 0 Å². The lowest BCUT2D eigenvalue weighted by molar-refractivity contribution is 0.742. The number of hydrogen-bond acceptors (Lipinski definition) is 5. The fourth-order valence-electron chi connectivity index (χ4n) is 1.60. The maximum atomic E-state index is 8.74. The Kier molecular flexibility index (Phi) is 3.44. The minimum atomic E-state index is 0.560. The second-order valence-electron chi connectivity index (χ2n) is 3.93. The number of rotatable bonds is 4. The van der Waals surface area contributed by atoms with E-state index in [1.54, 1.807) is 29.2 Å². The Morgan fingerprint density at radius 3 is 2.94 bits per heavy atom. The van der Waals surface area contributed by atoms with Crippen molar-refractivity contribution in [3.05, 3.63) is 35.9 Å². The molecule has 0 radical (unpaired) electrons. The quantitative estimate of drug-likeness (QED) is 0.778. The molecule has 18 heavy (non-hydrogen) atoms. The van der Waals surface area contributed by atoms with Crippen molar-refractivity contribution in [3.8, 4) is 6.07 Å². The van der Waals surface area contributed by atoms with E-state index in [9.17, 15) is 0 Å². The van der Waals surface area contributed by atoms with E-state index in [0.29, 0.717) is 17.8 Å². The van der Waals surface area contributed by atoms with Gasteiger partial charge in [-0.2, -0.15) is 10.4 Å². The van der Waals surface area contributed by atoms with E-state index in [4.69, 9.17) is 11.0 Å². The molecule has 0 aliphatic heterocycles. The number of aryl methyl sites for hydroxylation is 1. The van der Waals surface area contributed by atoms with Crippen LogP contribution in [-0.4, -0.2) is 21.3 Å². The van der Waals surface area contributed by atoms with E-state index >= 15 is 0 Å². The molecule has 92 valence electrons. The second kappa shape index (κ2) is 5.19. The second-order valence-corrected chi connectivity index (χ2v) is 3.93. The zero-order valence-corrected chi connectivity index (χ0v) is 10.1. The molecule has 0 bridgehead atoms. The third-order valence-corrected chi connectivity index (χ3v) is 2.49. The Balaban J connectivity index is 1.92. The summed E-state index contributed by atoms with van der Waals surface area (Å²) >= 11 is 0. The Morgan fingerprint density at radius 2 is 2.33 bits per heavy atom. The molecule has 2 rings (SSSR count). The number of aromatic nitrogens is 3. The van der Waals surface area contributed by atoms with Crippen LogP contribution in [0.2, 0.25) is 0 Å². The molecule has 1 aromatic heterocycles. The first-order valence-corrected chi connectivity index (χ1v) is 5.57. The van der Waals surface area contributed by atoms with Gasteiger partial charge in [0.2, 0.25) is 0 Å². The molecule has 0 spiro atoms. The SMILES string of the molecule is Cn1cnc(CCNc2ccc(C#N)cc2N)n1. The normalized spacial score (nSPS) is 10.0. The minimum Gasteiger partial charge on any atom is -0.397 e. The number of nitrogens with one attached hydrogen (secondary N) is 1. The topological polar surface area (TPSA) is 92.5 Å². The summed E-state index contributed by atoms with van der Waals surface area (Å²) in [5, 5.41) is 16.1. The summed E-state index contributed by atoms with van der Waals surface area (Å²) in [4.78, 5) is 4.13. The van der Waals surface area contributed by atoms with E-state index < -0.39 is 0 Å². The van der Waals surface area contributed by atoms with Crippen molar-refractivity contribution in [2.75, 3.05) is 17.6 Å². The van der Waals surface area contributed by atoms with Crippen LogP contribution in [0, 0.1) is 11.3 Å². The van der Waals surface area contributed by atoms with Gasteiger partial charge in [-0.1, -0.05) is 0 Å². The number of nitrogen functional groups attached to an aromatic ring is 1. The number of hydrogen-bond donors (Lipinski definition) is 2. The standard InChI is InChI=1S/C12H14N6/c1-18-8-16-12(17-18)4-5-15-11-3-2-9(7-13)6-10(11)14/h2-3,6,8,15H,4-5,14H2,1H3. The van der Waals surface area contributed by atoms with Gasteiger partial charge in [-0.15, -0.1) is 0 Å². The van der Waals surface area contributed by atoms with Crippen LogP contribution < -0.4 is 11.1 Å². The van der Waals surface area contributed by atoms with Crippen molar-refractivity contribution in [2.45, 2.75) is 6.42 Å². The van der Waals surface area contributed by atoms with Gasteiger partial charge in [0, 0.05) is 20.0 Å². The maximum absolute atomic E-state index is 8.74. The third-order valence-electron chi connectivity index (χ3n) is 2.49. The molecule has 6 nitrogen and oxygen atoms in total. The van der Waals surface area contributed by atoms with Gasteiger partial charge in [-0.25, -0.2) is 4.98 Å². The fraction of sp³-hybridized carbons (Fsp3) is 0.250.